The summed E-state index contributed by atoms with van der Waals surface area (Å²) in [5.41, 5.74) is 1.59. The molecule has 0 unspecified atom stereocenters. The Morgan fingerprint density at radius 1 is 1.29 bits per heavy atom. The number of halogens is 2. The quantitative estimate of drug-likeness (QED) is 0.546. The largest absolute Gasteiger partial charge is 0.506 e. The SMILES string of the molecule is Oc1ccc(/C=N\n2c(Cc3ccc(F)cc3)n[nH]c2=S)cc1Cl. The van der Waals surface area contributed by atoms with Gasteiger partial charge in [0.05, 0.1) is 11.2 Å². The molecule has 0 bridgehead atoms. The molecule has 8 heteroatoms. The van der Waals surface area contributed by atoms with E-state index in [1.807, 2.05) is 0 Å². The van der Waals surface area contributed by atoms with Gasteiger partial charge in [0, 0.05) is 6.42 Å². The number of aromatic hydroxyl groups is 1. The summed E-state index contributed by atoms with van der Waals surface area (Å²) in [6.45, 7) is 0. The molecule has 0 spiro atoms. The van der Waals surface area contributed by atoms with E-state index in [1.165, 1.54) is 22.9 Å². The number of H-pyrrole nitrogens is 1. The molecule has 122 valence electrons. The van der Waals surface area contributed by atoms with Crippen molar-refractivity contribution < 1.29 is 9.50 Å². The first-order valence-electron chi connectivity index (χ1n) is 6.96. The predicted molar refractivity (Wildman–Crippen MR) is 92.7 cm³/mol. The summed E-state index contributed by atoms with van der Waals surface area (Å²) in [4.78, 5) is 0. The van der Waals surface area contributed by atoms with Crippen molar-refractivity contribution in [1.29, 1.82) is 0 Å². The molecule has 1 aromatic heterocycles. The fraction of sp³-hybridized carbons (Fsp3) is 0.0625. The zero-order chi connectivity index (χ0) is 17.1. The number of hydrogen-bond donors (Lipinski definition) is 2. The highest BCUT2D eigenvalue weighted by molar-refractivity contribution is 7.71. The third-order valence-electron chi connectivity index (χ3n) is 3.29. The summed E-state index contributed by atoms with van der Waals surface area (Å²) < 4.78 is 14.8. The second kappa shape index (κ2) is 6.94. The van der Waals surface area contributed by atoms with Crippen molar-refractivity contribution in [1.82, 2.24) is 14.9 Å². The average molecular weight is 363 g/mol. The van der Waals surface area contributed by atoms with E-state index in [0.717, 1.165) is 5.56 Å². The molecule has 0 saturated carbocycles. The van der Waals surface area contributed by atoms with Crippen LogP contribution in [-0.4, -0.2) is 26.2 Å². The monoisotopic (exact) mass is 362 g/mol. The topological polar surface area (TPSA) is 66.2 Å². The molecule has 2 aromatic carbocycles. The number of phenols is 1. The molecule has 0 amide bonds. The summed E-state index contributed by atoms with van der Waals surface area (Å²) >= 11 is 11.0. The van der Waals surface area contributed by atoms with E-state index < -0.39 is 0 Å². The Kier molecular flexibility index (Phi) is 4.73. The van der Waals surface area contributed by atoms with E-state index in [2.05, 4.69) is 15.3 Å². The van der Waals surface area contributed by atoms with E-state index >= 15 is 0 Å². The van der Waals surface area contributed by atoms with Gasteiger partial charge in [0.2, 0.25) is 4.77 Å². The lowest BCUT2D eigenvalue weighted by molar-refractivity contribution is 0.475. The second-order valence-corrected chi connectivity index (χ2v) is 5.81. The van der Waals surface area contributed by atoms with Crippen LogP contribution in [0, 0.1) is 10.6 Å². The van der Waals surface area contributed by atoms with Crippen LogP contribution < -0.4 is 0 Å². The van der Waals surface area contributed by atoms with E-state index in [1.54, 1.807) is 30.5 Å². The molecule has 2 N–H and O–H groups in total. The fourth-order valence-electron chi connectivity index (χ4n) is 2.07. The molecule has 0 atom stereocenters. The van der Waals surface area contributed by atoms with Gasteiger partial charge >= 0.3 is 0 Å². The van der Waals surface area contributed by atoms with Crippen LogP contribution in [0.25, 0.3) is 0 Å². The Hall–Kier alpha value is -2.51. The van der Waals surface area contributed by atoms with Gasteiger partial charge in [0.25, 0.3) is 0 Å². The molecule has 0 fully saturated rings. The number of nitrogens with zero attached hydrogens (tertiary/aromatic N) is 3. The summed E-state index contributed by atoms with van der Waals surface area (Å²) in [6, 6.07) is 10.9. The minimum absolute atomic E-state index is 0.00531. The number of aromatic amines is 1. The van der Waals surface area contributed by atoms with Crippen LogP contribution in [0.4, 0.5) is 4.39 Å². The van der Waals surface area contributed by atoms with Crippen LogP contribution in [0.15, 0.2) is 47.6 Å². The van der Waals surface area contributed by atoms with Crippen LogP contribution in [0.2, 0.25) is 5.02 Å². The number of aromatic nitrogens is 3. The zero-order valence-electron chi connectivity index (χ0n) is 12.3. The summed E-state index contributed by atoms with van der Waals surface area (Å²) in [7, 11) is 0. The molecule has 0 aliphatic heterocycles. The van der Waals surface area contributed by atoms with Crippen molar-refractivity contribution in [3.05, 3.63) is 75.0 Å². The van der Waals surface area contributed by atoms with E-state index in [9.17, 15) is 9.50 Å². The van der Waals surface area contributed by atoms with Crippen molar-refractivity contribution in [2.24, 2.45) is 5.10 Å². The van der Waals surface area contributed by atoms with Gasteiger partial charge in [-0.2, -0.15) is 14.9 Å². The fourth-order valence-corrected chi connectivity index (χ4v) is 2.46. The van der Waals surface area contributed by atoms with Crippen LogP contribution in [0.1, 0.15) is 17.0 Å². The molecule has 0 aliphatic carbocycles. The predicted octanol–water partition coefficient (Wildman–Crippen LogP) is 3.91. The molecular formula is C16H12ClFN4OS. The van der Waals surface area contributed by atoms with Crippen LogP contribution in [0.3, 0.4) is 0 Å². The Morgan fingerprint density at radius 3 is 2.75 bits per heavy atom. The molecule has 24 heavy (non-hydrogen) atoms. The van der Waals surface area contributed by atoms with Gasteiger partial charge in [-0.05, 0) is 53.7 Å². The molecule has 3 rings (SSSR count). The van der Waals surface area contributed by atoms with E-state index in [0.29, 0.717) is 22.6 Å². The van der Waals surface area contributed by atoms with Gasteiger partial charge < -0.3 is 5.11 Å². The van der Waals surface area contributed by atoms with Crippen molar-refractivity contribution in [2.45, 2.75) is 6.42 Å². The Morgan fingerprint density at radius 2 is 2.04 bits per heavy atom. The van der Waals surface area contributed by atoms with Crippen LogP contribution in [-0.2, 0) is 6.42 Å². The number of benzene rings is 2. The normalized spacial score (nSPS) is 11.2. The minimum Gasteiger partial charge on any atom is -0.506 e. The average Bonchev–Trinajstić information content (AvgIpc) is 2.91. The Balaban J connectivity index is 1.87. The molecule has 0 saturated heterocycles. The first-order valence-corrected chi connectivity index (χ1v) is 7.75. The molecule has 5 nitrogen and oxygen atoms in total. The van der Waals surface area contributed by atoms with Crippen LogP contribution in [0.5, 0.6) is 5.75 Å². The standard InChI is InChI=1S/C16H12ClFN4OS/c17-13-7-11(3-6-14(13)23)9-19-22-15(20-21-16(22)24)8-10-1-4-12(18)5-2-10/h1-7,9,23H,8H2,(H,21,24)/b19-9-. The highest BCUT2D eigenvalue weighted by Crippen LogP contribution is 2.22. The molecule has 0 aliphatic rings. The Labute approximate surface area is 147 Å². The van der Waals surface area contributed by atoms with Gasteiger partial charge in [-0.3, -0.25) is 5.10 Å². The third kappa shape index (κ3) is 3.69. The molecule has 1 heterocycles. The summed E-state index contributed by atoms with van der Waals surface area (Å²) in [5.74, 6) is 0.304. The number of hydrogen-bond acceptors (Lipinski definition) is 4. The second-order valence-electron chi connectivity index (χ2n) is 5.02. The maximum Gasteiger partial charge on any atom is 0.216 e. The lowest BCUT2D eigenvalue weighted by Gasteiger charge is -2.02. The lowest BCUT2D eigenvalue weighted by atomic mass is 10.1. The number of phenolic OH excluding ortho intramolecular Hbond substituents is 1. The van der Waals surface area contributed by atoms with Crippen molar-refractivity contribution in [2.75, 3.05) is 0 Å². The van der Waals surface area contributed by atoms with Gasteiger partial charge in [-0.1, -0.05) is 23.7 Å². The van der Waals surface area contributed by atoms with Gasteiger partial charge in [-0.15, -0.1) is 0 Å². The first kappa shape index (κ1) is 16.4. The van der Waals surface area contributed by atoms with E-state index in [-0.39, 0.29) is 16.6 Å². The highest BCUT2D eigenvalue weighted by Gasteiger charge is 2.07. The van der Waals surface area contributed by atoms with E-state index in [4.69, 9.17) is 23.8 Å². The molecule has 0 radical (unpaired) electrons. The minimum atomic E-state index is -0.292. The van der Waals surface area contributed by atoms with Crippen molar-refractivity contribution in [3.8, 4) is 5.75 Å². The highest BCUT2D eigenvalue weighted by atomic mass is 35.5. The van der Waals surface area contributed by atoms with Gasteiger partial charge in [-0.25, -0.2) is 4.39 Å². The molecular weight excluding hydrogens is 351 g/mol. The van der Waals surface area contributed by atoms with Crippen LogP contribution >= 0.6 is 23.8 Å². The number of rotatable bonds is 4. The maximum absolute atomic E-state index is 13.0. The Bertz CT molecular complexity index is 949. The summed E-state index contributed by atoms with van der Waals surface area (Å²) in [6.07, 6.45) is 2.01. The number of nitrogens with one attached hydrogen (secondary N) is 1. The maximum atomic E-state index is 13.0. The first-order chi connectivity index (χ1) is 11.5. The van der Waals surface area contributed by atoms with Gasteiger partial charge in [0.15, 0.2) is 5.82 Å². The van der Waals surface area contributed by atoms with Crippen molar-refractivity contribution >= 4 is 30.0 Å². The smallest absolute Gasteiger partial charge is 0.216 e. The third-order valence-corrected chi connectivity index (χ3v) is 3.85. The van der Waals surface area contributed by atoms with Crippen molar-refractivity contribution in [3.63, 3.8) is 0 Å². The molecule has 3 aromatic rings. The van der Waals surface area contributed by atoms with Gasteiger partial charge in [0.1, 0.15) is 11.6 Å². The zero-order valence-corrected chi connectivity index (χ0v) is 13.9. The lowest BCUT2D eigenvalue weighted by Crippen LogP contribution is -2.00. The summed E-state index contributed by atoms with van der Waals surface area (Å²) in [5, 5.41) is 20.8.